The fourth-order valence-corrected chi connectivity index (χ4v) is 4.50. The molecule has 0 spiro atoms. The van der Waals surface area contributed by atoms with Gasteiger partial charge in [0.2, 0.25) is 0 Å². The second kappa shape index (κ2) is 6.63. The molecule has 144 valence electrons. The minimum absolute atomic E-state index is 0.320. The van der Waals surface area contributed by atoms with Crippen molar-refractivity contribution in [2.24, 2.45) is 0 Å². The van der Waals surface area contributed by atoms with Gasteiger partial charge in [-0.1, -0.05) is 19.9 Å². The van der Waals surface area contributed by atoms with Crippen LogP contribution < -0.4 is 11.1 Å². The summed E-state index contributed by atoms with van der Waals surface area (Å²) in [6.07, 6.45) is 4.07. The molecular weight excluding hydrogens is 352 g/mol. The molecule has 6 nitrogen and oxygen atoms in total. The monoisotopic (exact) mass is 376 g/mol. The number of benzene rings is 1. The van der Waals surface area contributed by atoms with Gasteiger partial charge in [0.25, 0.3) is 0 Å². The lowest BCUT2D eigenvalue weighted by Gasteiger charge is -2.23. The van der Waals surface area contributed by atoms with Gasteiger partial charge in [0.15, 0.2) is 11.2 Å². The minimum atomic E-state index is -0.481. The third-order valence-electron chi connectivity index (χ3n) is 5.84. The summed E-state index contributed by atoms with van der Waals surface area (Å²) in [4.78, 5) is 22.2. The number of hydrogen-bond donors (Lipinski definition) is 3. The summed E-state index contributed by atoms with van der Waals surface area (Å²) in [5, 5.41) is 4.70. The van der Waals surface area contributed by atoms with Gasteiger partial charge < -0.3 is 14.7 Å². The van der Waals surface area contributed by atoms with E-state index in [1.807, 2.05) is 6.07 Å². The molecule has 0 aliphatic carbocycles. The van der Waals surface area contributed by atoms with Crippen LogP contribution in [0.15, 0.2) is 39.7 Å². The van der Waals surface area contributed by atoms with Gasteiger partial charge in [0, 0.05) is 22.7 Å². The molecule has 0 bridgehead atoms. The molecule has 0 atom stereocenters. The van der Waals surface area contributed by atoms with Crippen LogP contribution in [0.25, 0.3) is 33.4 Å². The molecule has 1 aliphatic rings. The molecule has 3 aromatic heterocycles. The summed E-state index contributed by atoms with van der Waals surface area (Å²) in [5.41, 5.74) is 6.62. The topological polar surface area (TPSA) is 86.7 Å². The molecule has 0 saturated carbocycles. The van der Waals surface area contributed by atoms with E-state index in [4.69, 9.17) is 4.42 Å². The van der Waals surface area contributed by atoms with E-state index in [1.54, 1.807) is 6.20 Å². The van der Waals surface area contributed by atoms with Crippen molar-refractivity contribution in [2.75, 3.05) is 13.1 Å². The highest BCUT2D eigenvalue weighted by molar-refractivity contribution is 5.96. The van der Waals surface area contributed by atoms with Crippen molar-refractivity contribution in [2.45, 2.75) is 38.5 Å². The number of hydrogen-bond acceptors (Lipinski definition) is 4. The van der Waals surface area contributed by atoms with Crippen LogP contribution in [0.3, 0.4) is 0 Å². The first-order chi connectivity index (χ1) is 13.6. The van der Waals surface area contributed by atoms with Gasteiger partial charge in [-0.25, -0.2) is 9.78 Å². The molecule has 28 heavy (non-hydrogen) atoms. The van der Waals surface area contributed by atoms with Crippen LogP contribution >= 0.6 is 0 Å². The van der Waals surface area contributed by atoms with Crippen LogP contribution in [0.2, 0.25) is 0 Å². The van der Waals surface area contributed by atoms with Gasteiger partial charge in [-0.15, -0.1) is 0 Å². The second-order valence-corrected chi connectivity index (χ2v) is 7.95. The van der Waals surface area contributed by atoms with Gasteiger partial charge in [-0.05, 0) is 67.1 Å². The number of nitrogens with zero attached hydrogens (tertiary/aromatic N) is 1. The number of pyridine rings is 1. The van der Waals surface area contributed by atoms with Crippen LogP contribution in [0, 0.1) is 0 Å². The number of piperidine rings is 1. The molecule has 3 N–H and O–H groups in total. The number of aromatic nitrogens is 3. The number of rotatable bonds is 3. The summed E-state index contributed by atoms with van der Waals surface area (Å²) >= 11 is 0. The van der Waals surface area contributed by atoms with E-state index in [1.165, 1.54) is 29.4 Å². The van der Waals surface area contributed by atoms with E-state index in [0.29, 0.717) is 23.1 Å². The number of aromatic amines is 2. The average molecular weight is 376 g/mol. The fraction of sp³-hybridized carbons (Fsp3) is 0.364. The fourth-order valence-electron chi connectivity index (χ4n) is 4.50. The maximum Gasteiger partial charge on any atom is 0.418 e. The lowest BCUT2D eigenvalue weighted by atomic mass is 9.88. The predicted molar refractivity (Wildman–Crippen MR) is 111 cm³/mol. The average Bonchev–Trinajstić information content (AvgIpc) is 3.27. The molecule has 1 saturated heterocycles. The number of fused-ring (bicyclic) bond motifs is 2. The Hall–Kier alpha value is -2.86. The molecular formula is C22H24N4O2. The summed E-state index contributed by atoms with van der Waals surface area (Å²) in [6.45, 7) is 6.57. The van der Waals surface area contributed by atoms with Crippen molar-refractivity contribution in [3.05, 3.63) is 52.1 Å². The van der Waals surface area contributed by atoms with Crippen molar-refractivity contribution in [3.63, 3.8) is 0 Å². The van der Waals surface area contributed by atoms with Crippen LogP contribution in [0.4, 0.5) is 0 Å². The third-order valence-corrected chi connectivity index (χ3v) is 5.84. The van der Waals surface area contributed by atoms with Crippen LogP contribution in [-0.4, -0.2) is 28.0 Å². The molecule has 0 amide bonds. The first kappa shape index (κ1) is 17.3. The Kier molecular flexibility index (Phi) is 4.09. The molecule has 1 fully saturated rings. The van der Waals surface area contributed by atoms with E-state index in [9.17, 15) is 4.79 Å². The maximum absolute atomic E-state index is 11.7. The number of H-pyrrole nitrogens is 2. The van der Waals surface area contributed by atoms with Crippen LogP contribution in [-0.2, 0) is 0 Å². The summed E-state index contributed by atoms with van der Waals surface area (Å²) in [7, 11) is 0. The summed E-state index contributed by atoms with van der Waals surface area (Å²) in [6, 6.07) is 8.70. The quantitative estimate of drug-likeness (QED) is 0.499. The molecule has 6 heteroatoms. The lowest BCUT2D eigenvalue weighted by molar-refractivity contribution is 0.460. The highest BCUT2D eigenvalue weighted by Gasteiger charge is 2.22. The van der Waals surface area contributed by atoms with Crippen molar-refractivity contribution in [1.29, 1.82) is 0 Å². The zero-order chi connectivity index (χ0) is 19.3. The smallest absolute Gasteiger partial charge is 0.405 e. The molecule has 1 aliphatic heterocycles. The first-order valence-electron chi connectivity index (χ1n) is 9.96. The van der Waals surface area contributed by atoms with Gasteiger partial charge in [-0.2, -0.15) is 0 Å². The van der Waals surface area contributed by atoms with E-state index < -0.39 is 5.76 Å². The maximum atomic E-state index is 11.7. The van der Waals surface area contributed by atoms with Crippen molar-refractivity contribution < 1.29 is 4.42 Å². The van der Waals surface area contributed by atoms with E-state index >= 15 is 0 Å². The van der Waals surface area contributed by atoms with E-state index in [-0.39, 0.29) is 0 Å². The highest BCUT2D eigenvalue weighted by atomic mass is 16.4. The molecule has 4 heterocycles. The molecule has 1 aromatic carbocycles. The van der Waals surface area contributed by atoms with Gasteiger partial charge >= 0.3 is 5.76 Å². The lowest BCUT2D eigenvalue weighted by Crippen LogP contribution is -2.26. The Balaban J connectivity index is 1.72. The van der Waals surface area contributed by atoms with E-state index in [0.717, 1.165) is 29.9 Å². The predicted octanol–water partition coefficient (Wildman–Crippen LogP) is 4.25. The standard InChI is InChI=1S/C22H24N4O2/c1-12(2)18-16-11-14(13-5-8-23-9-6-13)3-4-17(16)25-19(18)15-7-10-24-21-20(15)28-22(27)26-21/h3-4,7,10-13,23,25H,5-6,8-9H2,1-2H3,(H,24,26,27). The van der Waals surface area contributed by atoms with E-state index in [2.05, 4.69) is 52.3 Å². The van der Waals surface area contributed by atoms with Crippen LogP contribution in [0.1, 0.15) is 49.7 Å². The normalized spacial score (nSPS) is 15.8. The van der Waals surface area contributed by atoms with Crippen molar-refractivity contribution in [3.8, 4) is 11.3 Å². The first-order valence-corrected chi connectivity index (χ1v) is 9.96. The Morgan fingerprint density at radius 2 is 1.96 bits per heavy atom. The van der Waals surface area contributed by atoms with Gasteiger partial charge in [0.1, 0.15) is 0 Å². The van der Waals surface area contributed by atoms with Gasteiger partial charge in [-0.3, -0.25) is 4.98 Å². The van der Waals surface area contributed by atoms with Crippen molar-refractivity contribution in [1.82, 2.24) is 20.3 Å². The number of oxazole rings is 1. The number of nitrogens with one attached hydrogen (secondary N) is 3. The Bertz CT molecular complexity index is 1210. The van der Waals surface area contributed by atoms with Crippen molar-refractivity contribution >= 4 is 22.1 Å². The second-order valence-electron chi connectivity index (χ2n) is 7.95. The molecule has 0 radical (unpaired) electrons. The zero-order valence-electron chi connectivity index (χ0n) is 16.1. The largest absolute Gasteiger partial charge is 0.418 e. The summed E-state index contributed by atoms with van der Waals surface area (Å²) in [5.74, 6) is 0.450. The minimum Gasteiger partial charge on any atom is -0.405 e. The van der Waals surface area contributed by atoms with Gasteiger partial charge in [0.05, 0.1) is 5.69 Å². The zero-order valence-corrected chi connectivity index (χ0v) is 16.1. The Labute approximate surface area is 162 Å². The Morgan fingerprint density at radius 1 is 1.14 bits per heavy atom. The third kappa shape index (κ3) is 2.76. The molecule has 5 rings (SSSR count). The highest BCUT2D eigenvalue weighted by Crippen LogP contribution is 2.39. The summed E-state index contributed by atoms with van der Waals surface area (Å²) < 4.78 is 5.40. The Morgan fingerprint density at radius 3 is 2.75 bits per heavy atom. The SMILES string of the molecule is CC(C)c1c(-c2ccnc3[nH]c(=O)oc23)[nH]c2ccc(C3CCNCC3)cc12. The van der Waals surface area contributed by atoms with Crippen LogP contribution in [0.5, 0.6) is 0 Å². The molecule has 0 unspecified atom stereocenters. The molecule has 4 aromatic rings.